The molecule has 0 unspecified atom stereocenters. The molecular formula is C35H39ClN2O5. The highest BCUT2D eigenvalue weighted by Crippen LogP contribution is 2.37. The normalized spacial score (nSPS) is 12.4. The molecule has 0 saturated carbocycles. The predicted octanol–water partition coefficient (Wildman–Crippen LogP) is 6.76. The maximum atomic E-state index is 12.2. The molecule has 1 aliphatic heterocycles. The number of para-hydroxylation sites is 1. The van der Waals surface area contributed by atoms with Gasteiger partial charge in [-0.3, -0.25) is 4.79 Å². The van der Waals surface area contributed by atoms with Crippen LogP contribution in [-0.2, 0) is 33.6 Å². The molecule has 0 aliphatic carbocycles. The predicted molar refractivity (Wildman–Crippen MR) is 172 cm³/mol. The summed E-state index contributed by atoms with van der Waals surface area (Å²) in [5, 5.41) is 16.4. The zero-order valence-electron chi connectivity index (χ0n) is 24.5. The highest BCUT2D eigenvalue weighted by Gasteiger charge is 2.20. The Kier molecular flexibility index (Phi) is 13.7. The van der Waals surface area contributed by atoms with E-state index in [0.29, 0.717) is 18.6 Å². The minimum Gasteiger partial charge on any atom is -0.478 e. The van der Waals surface area contributed by atoms with Crippen molar-refractivity contribution in [2.24, 2.45) is 0 Å². The second-order valence-electron chi connectivity index (χ2n) is 10.4. The Hall–Kier alpha value is -4.20. The molecule has 1 heterocycles. The summed E-state index contributed by atoms with van der Waals surface area (Å²) in [5.41, 5.74) is 6.53. The van der Waals surface area contributed by atoms with Gasteiger partial charge in [0, 0.05) is 48.1 Å². The number of carbonyl (C=O) groups excluding carboxylic acids is 1. The largest absolute Gasteiger partial charge is 0.478 e. The van der Waals surface area contributed by atoms with Gasteiger partial charge in [-0.15, -0.1) is 0 Å². The molecule has 1 aliphatic rings. The first kappa shape index (κ1) is 33.3. The van der Waals surface area contributed by atoms with Crippen LogP contribution < -0.4 is 4.90 Å². The first-order valence-electron chi connectivity index (χ1n) is 14.4. The third-order valence-corrected chi connectivity index (χ3v) is 7.28. The van der Waals surface area contributed by atoms with Crippen LogP contribution in [0.5, 0.6) is 0 Å². The van der Waals surface area contributed by atoms with Gasteiger partial charge in [-0.05, 0) is 86.7 Å². The summed E-state index contributed by atoms with van der Waals surface area (Å²) < 4.78 is 0. The average Bonchev–Trinajstić information content (AvgIpc) is 3.14. The molecular weight excluding hydrogens is 564 g/mol. The Bertz CT molecular complexity index is 1400. The summed E-state index contributed by atoms with van der Waals surface area (Å²) in [7, 11) is 2.12. The van der Waals surface area contributed by atoms with Crippen LogP contribution in [-0.4, -0.2) is 59.5 Å². The van der Waals surface area contributed by atoms with Gasteiger partial charge in [-0.2, -0.15) is 0 Å². The molecule has 0 radical (unpaired) electrons. The molecule has 0 saturated heterocycles. The SMILES string of the molecule is CN(C/C=C/C(=O)CCc1ccccc1)CCCCN1c2ccccc2CCc2ccc(Cl)cc21.O=C(O)/C=C\C(=O)O. The van der Waals surface area contributed by atoms with Crippen LogP contribution in [0.3, 0.4) is 0 Å². The van der Waals surface area contributed by atoms with E-state index in [4.69, 9.17) is 21.8 Å². The number of rotatable bonds is 13. The summed E-state index contributed by atoms with van der Waals surface area (Å²) in [6.45, 7) is 2.76. The molecule has 0 amide bonds. The molecule has 3 aromatic rings. The second kappa shape index (κ2) is 17.7. The zero-order valence-corrected chi connectivity index (χ0v) is 25.2. The number of aliphatic carboxylic acids is 2. The second-order valence-corrected chi connectivity index (χ2v) is 10.8. The van der Waals surface area contributed by atoms with E-state index in [1.54, 1.807) is 6.08 Å². The number of benzene rings is 3. The van der Waals surface area contributed by atoms with E-state index >= 15 is 0 Å². The number of hydrogen-bond donors (Lipinski definition) is 2. The van der Waals surface area contributed by atoms with E-state index in [1.807, 2.05) is 30.3 Å². The molecule has 43 heavy (non-hydrogen) atoms. The number of likely N-dealkylation sites (N-methyl/N-ethyl adjacent to an activating group) is 1. The Morgan fingerprint density at radius 1 is 0.837 bits per heavy atom. The van der Waals surface area contributed by atoms with Crippen LogP contribution >= 0.6 is 11.6 Å². The minimum absolute atomic E-state index is 0.194. The molecule has 0 bridgehead atoms. The molecule has 2 N–H and O–H groups in total. The number of fused-ring (bicyclic) bond motifs is 2. The van der Waals surface area contributed by atoms with Crippen LogP contribution in [0.4, 0.5) is 11.4 Å². The number of aryl methyl sites for hydroxylation is 3. The van der Waals surface area contributed by atoms with Gasteiger partial charge in [0.2, 0.25) is 0 Å². The number of carbonyl (C=O) groups is 3. The number of nitrogens with zero attached hydrogens (tertiary/aromatic N) is 2. The number of hydrogen-bond acceptors (Lipinski definition) is 5. The van der Waals surface area contributed by atoms with Crippen molar-refractivity contribution in [1.82, 2.24) is 4.90 Å². The number of ketones is 1. The van der Waals surface area contributed by atoms with Gasteiger partial charge < -0.3 is 20.0 Å². The highest BCUT2D eigenvalue weighted by molar-refractivity contribution is 6.30. The van der Waals surface area contributed by atoms with Crippen molar-refractivity contribution < 1.29 is 24.6 Å². The van der Waals surface area contributed by atoms with E-state index in [1.165, 1.54) is 28.1 Å². The maximum Gasteiger partial charge on any atom is 0.328 e. The van der Waals surface area contributed by atoms with Crippen molar-refractivity contribution in [2.75, 3.05) is 31.6 Å². The Morgan fingerprint density at radius 2 is 1.49 bits per heavy atom. The van der Waals surface area contributed by atoms with Crippen LogP contribution in [0, 0.1) is 0 Å². The monoisotopic (exact) mass is 602 g/mol. The Labute approximate surface area is 258 Å². The summed E-state index contributed by atoms with van der Waals surface area (Å²) in [6, 6.07) is 25.2. The van der Waals surface area contributed by atoms with E-state index in [-0.39, 0.29) is 5.78 Å². The zero-order chi connectivity index (χ0) is 31.0. The van der Waals surface area contributed by atoms with Crippen LogP contribution in [0.25, 0.3) is 0 Å². The third kappa shape index (κ3) is 11.9. The van der Waals surface area contributed by atoms with Crippen molar-refractivity contribution >= 4 is 40.7 Å². The summed E-state index contributed by atoms with van der Waals surface area (Å²) in [6.07, 6.45) is 10.5. The molecule has 3 aromatic carbocycles. The van der Waals surface area contributed by atoms with Gasteiger partial charge in [0.1, 0.15) is 0 Å². The molecule has 0 spiro atoms. The van der Waals surface area contributed by atoms with Crippen molar-refractivity contribution in [2.45, 2.75) is 38.5 Å². The van der Waals surface area contributed by atoms with Gasteiger partial charge in [0.05, 0.1) is 0 Å². The quantitative estimate of drug-likeness (QED) is 0.165. The topological polar surface area (TPSA) is 98.2 Å². The Morgan fingerprint density at radius 3 is 2.19 bits per heavy atom. The smallest absolute Gasteiger partial charge is 0.328 e. The van der Waals surface area contributed by atoms with Gasteiger partial charge >= 0.3 is 11.9 Å². The number of carboxylic acids is 2. The number of carboxylic acid groups (broad SMARTS) is 2. The van der Waals surface area contributed by atoms with Crippen molar-refractivity contribution in [3.63, 3.8) is 0 Å². The van der Waals surface area contributed by atoms with E-state index < -0.39 is 11.9 Å². The van der Waals surface area contributed by atoms with Gasteiger partial charge in [-0.25, -0.2) is 9.59 Å². The van der Waals surface area contributed by atoms with Crippen LogP contribution in [0.2, 0.25) is 5.02 Å². The summed E-state index contributed by atoms with van der Waals surface area (Å²) >= 11 is 6.38. The molecule has 4 rings (SSSR count). The minimum atomic E-state index is -1.26. The van der Waals surface area contributed by atoms with Gasteiger partial charge in [0.25, 0.3) is 0 Å². The molecule has 7 nitrogen and oxygen atoms in total. The average molecular weight is 603 g/mol. The standard InChI is InChI=1S/C31H35ClN2O.C4H4O4/c1-33(22-9-13-29(35)20-15-25-10-3-2-4-11-25)21-7-8-23-34-30-14-6-5-12-26(30)16-17-27-18-19-28(32)24-31(27)34;5-3(6)1-2-4(7)8/h2-6,9-14,18-19,24H,7-8,15-17,20-23H2,1H3;1-2H,(H,5,6)(H,7,8)/b13-9+;2-1-. The van der Waals surface area contributed by atoms with Gasteiger partial charge in [-0.1, -0.05) is 72.3 Å². The molecule has 226 valence electrons. The lowest BCUT2D eigenvalue weighted by Gasteiger charge is -2.27. The summed E-state index contributed by atoms with van der Waals surface area (Å²) in [5.74, 6) is -2.32. The lowest BCUT2D eigenvalue weighted by molar-refractivity contribution is -0.134. The lowest BCUT2D eigenvalue weighted by Crippen LogP contribution is -2.23. The van der Waals surface area contributed by atoms with E-state index in [0.717, 1.165) is 56.8 Å². The van der Waals surface area contributed by atoms with Crippen molar-refractivity contribution in [3.05, 3.63) is 119 Å². The molecule has 0 aromatic heterocycles. The number of allylic oxidation sites excluding steroid dienone is 1. The fraction of sp³-hybridized carbons (Fsp3) is 0.286. The number of anilines is 2. The first-order chi connectivity index (χ1) is 20.7. The van der Waals surface area contributed by atoms with Crippen molar-refractivity contribution in [1.29, 1.82) is 0 Å². The summed E-state index contributed by atoms with van der Waals surface area (Å²) in [4.78, 5) is 36.0. The van der Waals surface area contributed by atoms with Gasteiger partial charge in [0.15, 0.2) is 5.78 Å². The lowest BCUT2D eigenvalue weighted by atomic mass is 10.0. The van der Waals surface area contributed by atoms with Crippen LogP contribution in [0.15, 0.2) is 97.1 Å². The number of halogens is 1. The molecule has 8 heteroatoms. The number of unbranched alkanes of at least 4 members (excludes halogenated alkanes) is 1. The van der Waals surface area contributed by atoms with E-state index in [2.05, 4.69) is 65.4 Å². The first-order valence-corrected chi connectivity index (χ1v) is 14.8. The maximum absolute atomic E-state index is 12.2. The molecule has 0 atom stereocenters. The highest BCUT2D eigenvalue weighted by atomic mass is 35.5. The molecule has 0 fully saturated rings. The third-order valence-electron chi connectivity index (χ3n) is 7.05. The Balaban J connectivity index is 0.000000557. The van der Waals surface area contributed by atoms with Crippen molar-refractivity contribution in [3.8, 4) is 0 Å². The fourth-order valence-electron chi connectivity index (χ4n) is 4.87. The van der Waals surface area contributed by atoms with Crippen LogP contribution in [0.1, 0.15) is 36.0 Å². The van der Waals surface area contributed by atoms with E-state index in [9.17, 15) is 14.4 Å². The fourth-order valence-corrected chi connectivity index (χ4v) is 5.04.